The van der Waals surface area contributed by atoms with Crippen LogP contribution in [0.5, 0.6) is 0 Å². The van der Waals surface area contributed by atoms with E-state index >= 15 is 0 Å². The molecule has 2 unspecified atom stereocenters. The van der Waals surface area contributed by atoms with Crippen LogP contribution in [0.2, 0.25) is 0 Å². The zero-order valence-corrected chi connectivity index (χ0v) is 13.3. The average molecular weight is 254 g/mol. The van der Waals surface area contributed by atoms with Crippen LogP contribution in [-0.2, 0) is 0 Å². The standard InChI is InChI=1S/C16H34N2/c1-6-15-8-7-12-18(13-10-15)14(2)9-11-17-16(3,4)5/h14-15,17H,6-13H2,1-5H3. The Morgan fingerprint density at radius 3 is 2.56 bits per heavy atom. The van der Waals surface area contributed by atoms with Crippen molar-refractivity contribution < 1.29 is 0 Å². The van der Waals surface area contributed by atoms with Crippen molar-refractivity contribution in [2.75, 3.05) is 19.6 Å². The molecule has 1 saturated heterocycles. The maximum atomic E-state index is 3.60. The van der Waals surface area contributed by atoms with E-state index < -0.39 is 0 Å². The molecule has 2 atom stereocenters. The predicted octanol–water partition coefficient (Wildman–Crippen LogP) is 3.67. The van der Waals surface area contributed by atoms with Crippen LogP contribution in [0.4, 0.5) is 0 Å². The van der Waals surface area contributed by atoms with Crippen LogP contribution in [0.15, 0.2) is 0 Å². The third-order valence-corrected chi connectivity index (χ3v) is 4.30. The molecule has 1 rings (SSSR count). The summed E-state index contributed by atoms with van der Waals surface area (Å²) >= 11 is 0. The lowest BCUT2D eigenvalue weighted by atomic mass is 9.98. The Kier molecular flexibility index (Phi) is 6.65. The molecule has 0 spiro atoms. The summed E-state index contributed by atoms with van der Waals surface area (Å²) < 4.78 is 0. The van der Waals surface area contributed by atoms with Gasteiger partial charge in [-0.15, -0.1) is 0 Å². The van der Waals surface area contributed by atoms with Gasteiger partial charge in [-0.1, -0.05) is 13.3 Å². The monoisotopic (exact) mass is 254 g/mol. The number of rotatable bonds is 5. The molecule has 2 nitrogen and oxygen atoms in total. The van der Waals surface area contributed by atoms with Crippen molar-refractivity contribution >= 4 is 0 Å². The topological polar surface area (TPSA) is 15.3 Å². The van der Waals surface area contributed by atoms with E-state index in [1.165, 1.54) is 45.2 Å². The van der Waals surface area contributed by atoms with Gasteiger partial charge in [-0.2, -0.15) is 0 Å². The summed E-state index contributed by atoms with van der Waals surface area (Å²) in [5.41, 5.74) is 0.256. The van der Waals surface area contributed by atoms with Crippen molar-refractivity contribution in [3.63, 3.8) is 0 Å². The fraction of sp³-hybridized carbons (Fsp3) is 1.00. The number of nitrogens with zero attached hydrogens (tertiary/aromatic N) is 1. The summed E-state index contributed by atoms with van der Waals surface area (Å²) in [6, 6.07) is 0.732. The zero-order chi connectivity index (χ0) is 13.6. The second-order valence-electron chi connectivity index (χ2n) is 7.06. The third kappa shape index (κ3) is 6.19. The quantitative estimate of drug-likeness (QED) is 0.805. The number of hydrogen-bond acceptors (Lipinski definition) is 2. The molecule has 0 radical (unpaired) electrons. The van der Waals surface area contributed by atoms with Crippen LogP contribution < -0.4 is 5.32 Å². The molecule has 0 bridgehead atoms. The van der Waals surface area contributed by atoms with Gasteiger partial charge in [0.2, 0.25) is 0 Å². The van der Waals surface area contributed by atoms with Gasteiger partial charge in [0.15, 0.2) is 0 Å². The van der Waals surface area contributed by atoms with Crippen molar-refractivity contribution in [3.05, 3.63) is 0 Å². The molecule has 1 heterocycles. The minimum absolute atomic E-state index is 0.256. The first-order valence-electron chi connectivity index (χ1n) is 7.91. The van der Waals surface area contributed by atoms with E-state index in [0.717, 1.165) is 18.5 Å². The second kappa shape index (κ2) is 7.49. The van der Waals surface area contributed by atoms with Gasteiger partial charge < -0.3 is 10.2 Å². The SMILES string of the molecule is CCC1CCCN(C(C)CCNC(C)(C)C)CC1. The molecule has 1 aliphatic heterocycles. The molecule has 0 aromatic carbocycles. The van der Waals surface area contributed by atoms with E-state index in [9.17, 15) is 0 Å². The molecule has 0 aliphatic carbocycles. The maximum absolute atomic E-state index is 3.60. The second-order valence-corrected chi connectivity index (χ2v) is 7.06. The Labute approximate surface area is 115 Å². The molecule has 1 aliphatic rings. The van der Waals surface area contributed by atoms with E-state index in [1.54, 1.807) is 0 Å². The highest BCUT2D eigenvalue weighted by atomic mass is 15.2. The van der Waals surface area contributed by atoms with E-state index in [1.807, 2.05) is 0 Å². The van der Waals surface area contributed by atoms with Gasteiger partial charge in [-0.05, 0) is 78.9 Å². The van der Waals surface area contributed by atoms with Crippen LogP contribution in [-0.4, -0.2) is 36.1 Å². The van der Waals surface area contributed by atoms with Crippen LogP contribution in [0.25, 0.3) is 0 Å². The zero-order valence-electron chi connectivity index (χ0n) is 13.3. The molecule has 0 aromatic heterocycles. The van der Waals surface area contributed by atoms with Crippen molar-refractivity contribution in [3.8, 4) is 0 Å². The summed E-state index contributed by atoms with van der Waals surface area (Å²) in [6.07, 6.45) is 6.89. The first-order chi connectivity index (χ1) is 8.42. The molecule has 1 fully saturated rings. The van der Waals surface area contributed by atoms with E-state index in [-0.39, 0.29) is 5.54 Å². The Hall–Kier alpha value is -0.0800. The fourth-order valence-electron chi connectivity index (χ4n) is 2.88. The summed E-state index contributed by atoms with van der Waals surface area (Å²) in [5.74, 6) is 0.981. The van der Waals surface area contributed by atoms with Crippen LogP contribution in [0.3, 0.4) is 0 Å². The number of likely N-dealkylation sites (tertiary alicyclic amines) is 1. The first-order valence-corrected chi connectivity index (χ1v) is 7.91. The number of nitrogens with one attached hydrogen (secondary N) is 1. The van der Waals surface area contributed by atoms with Crippen molar-refractivity contribution in [2.45, 2.75) is 78.3 Å². The average Bonchev–Trinajstić information content (AvgIpc) is 2.52. The van der Waals surface area contributed by atoms with Crippen molar-refractivity contribution in [1.82, 2.24) is 10.2 Å². The van der Waals surface area contributed by atoms with Gasteiger partial charge in [0, 0.05) is 11.6 Å². The summed E-state index contributed by atoms with van der Waals surface area (Å²) in [4.78, 5) is 2.71. The molecule has 18 heavy (non-hydrogen) atoms. The van der Waals surface area contributed by atoms with Crippen LogP contribution in [0, 0.1) is 5.92 Å². The van der Waals surface area contributed by atoms with Crippen LogP contribution >= 0.6 is 0 Å². The van der Waals surface area contributed by atoms with E-state index in [4.69, 9.17) is 0 Å². The highest BCUT2D eigenvalue weighted by Gasteiger charge is 2.19. The van der Waals surface area contributed by atoms with Gasteiger partial charge >= 0.3 is 0 Å². The largest absolute Gasteiger partial charge is 0.312 e. The fourth-order valence-corrected chi connectivity index (χ4v) is 2.88. The lowest BCUT2D eigenvalue weighted by Gasteiger charge is -2.29. The molecule has 108 valence electrons. The van der Waals surface area contributed by atoms with Crippen molar-refractivity contribution in [1.29, 1.82) is 0 Å². The minimum Gasteiger partial charge on any atom is -0.312 e. The first kappa shape index (κ1) is 16.0. The molecule has 0 amide bonds. The summed E-state index contributed by atoms with van der Waals surface area (Å²) in [5, 5.41) is 3.60. The molecular formula is C16H34N2. The summed E-state index contributed by atoms with van der Waals surface area (Å²) in [6.45, 7) is 15.2. The van der Waals surface area contributed by atoms with Gasteiger partial charge in [0.05, 0.1) is 0 Å². The maximum Gasteiger partial charge on any atom is 0.00965 e. The highest BCUT2D eigenvalue weighted by molar-refractivity contribution is 4.76. The van der Waals surface area contributed by atoms with Gasteiger partial charge in [-0.25, -0.2) is 0 Å². The Morgan fingerprint density at radius 2 is 1.94 bits per heavy atom. The van der Waals surface area contributed by atoms with E-state index in [2.05, 4.69) is 44.8 Å². The normalized spacial score (nSPS) is 24.8. The van der Waals surface area contributed by atoms with Gasteiger partial charge in [-0.3, -0.25) is 0 Å². The summed E-state index contributed by atoms with van der Waals surface area (Å²) in [7, 11) is 0. The minimum atomic E-state index is 0.256. The molecule has 0 saturated carbocycles. The Balaban J connectivity index is 2.26. The van der Waals surface area contributed by atoms with E-state index in [0.29, 0.717) is 0 Å². The predicted molar refractivity (Wildman–Crippen MR) is 81.0 cm³/mol. The lowest BCUT2D eigenvalue weighted by molar-refractivity contribution is 0.200. The lowest BCUT2D eigenvalue weighted by Crippen LogP contribution is -2.41. The smallest absolute Gasteiger partial charge is 0.00965 e. The van der Waals surface area contributed by atoms with Gasteiger partial charge in [0.1, 0.15) is 0 Å². The van der Waals surface area contributed by atoms with Crippen molar-refractivity contribution in [2.24, 2.45) is 5.92 Å². The van der Waals surface area contributed by atoms with Crippen LogP contribution in [0.1, 0.15) is 66.7 Å². The Morgan fingerprint density at radius 1 is 1.22 bits per heavy atom. The molecular weight excluding hydrogens is 220 g/mol. The molecule has 1 N–H and O–H groups in total. The highest BCUT2D eigenvalue weighted by Crippen LogP contribution is 2.21. The molecule has 0 aromatic rings. The third-order valence-electron chi connectivity index (χ3n) is 4.30. The number of hydrogen-bond donors (Lipinski definition) is 1. The Bertz CT molecular complexity index is 220. The molecule has 2 heteroatoms. The van der Waals surface area contributed by atoms with Gasteiger partial charge in [0.25, 0.3) is 0 Å².